The van der Waals surface area contributed by atoms with Gasteiger partial charge >= 0.3 is 0 Å². The molecule has 6 atom stereocenters. The number of para-hydroxylation sites is 1. The zero-order valence-electron chi connectivity index (χ0n) is 31.5. The van der Waals surface area contributed by atoms with Crippen LogP contribution in [0.1, 0.15) is 101 Å². The molecule has 0 amide bonds. The highest BCUT2D eigenvalue weighted by Crippen LogP contribution is 2.55. The van der Waals surface area contributed by atoms with E-state index in [-0.39, 0.29) is 12.0 Å². The van der Waals surface area contributed by atoms with Crippen molar-refractivity contribution in [2.75, 3.05) is 0 Å². The number of nitrogens with zero attached hydrogens (tertiary/aromatic N) is 3. The maximum absolute atomic E-state index is 5.57. The molecular formula is C53H43N3. The molecule has 6 aromatic rings. The van der Waals surface area contributed by atoms with Crippen LogP contribution in [0.5, 0.6) is 0 Å². The van der Waals surface area contributed by atoms with Gasteiger partial charge in [0.1, 0.15) is 0 Å². The number of pyridine rings is 2. The lowest BCUT2D eigenvalue weighted by atomic mass is 9.65. The molecule has 0 saturated carbocycles. The Labute approximate surface area is 328 Å². The molecule has 3 heterocycles. The maximum atomic E-state index is 5.57. The molecule has 0 N–H and O–H groups in total. The molecule has 3 nitrogen and oxygen atoms in total. The summed E-state index contributed by atoms with van der Waals surface area (Å²) in [5.41, 5.74) is 17.6. The number of fused-ring (bicyclic) bond motifs is 14. The van der Waals surface area contributed by atoms with Gasteiger partial charge in [0.15, 0.2) is 0 Å². The van der Waals surface area contributed by atoms with Crippen molar-refractivity contribution in [2.24, 2.45) is 16.8 Å². The van der Waals surface area contributed by atoms with E-state index in [0.717, 1.165) is 49.7 Å². The number of aryl methyl sites for hydroxylation is 1. The van der Waals surface area contributed by atoms with Gasteiger partial charge in [0.05, 0.1) is 22.9 Å². The lowest BCUT2D eigenvalue weighted by Gasteiger charge is -2.39. The monoisotopic (exact) mass is 721 g/mol. The highest BCUT2D eigenvalue weighted by Gasteiger charge is 2.39. The zero-order valence-corrected chi connectivity index (χ0v) is 31.5. The largest absolute Gasteiger partial charge is 0.287 e. The third-order valence-electron chi connectivity index (χ3n) is 13.9. The summed E-state index contributed by atoms with van der Waals surface area (Å²) in [5, 5.41) is 4.01. The van der Waals surface area contributed by atoms with E-state index < -0.39 is 0 Å². The van der Waals surface area contributed by atoms with Crippen LogP contribution in [0.2, 0.25) is 0 Å². The molecule has 5 aliphatic carbocycles. The van der Waals surface area contributed by atoms with E-state index in [0.29, 0.717) is 23.7 Å². The van der Waals surface area contributed by atoms with Gasteiger partial charge in [-0.25, -0.2) is 0 Å². The summed E-state index contributed by atoms with van der Waals surface area (Å²) in [6.07, 6.45) is 29.6. The summed E-state index contributed by atoms with van der Waals surface area (Å²) in [4.78, 5) is 15.3. The zero-order chi connectivity index (χ0) is 36.7. The molecule has 3 heteroatoms. The molecule has 2 aromatic heterocycles. The van der Waals surface area contributed by atoms with Gasteiger partial charge < -0.3 is 0 Å². The third-order valence-corrected chi connectivity index (χ3v) is 13.9. The molecule has 0 radical (unpaired) electrons. The van der Waals surface area contributed by atoms with E-state index >= 15 is 0 Å². The van der Waals surface area contributed by atoms with Crippen LogP contribution in [-0.2, 0) is 6.42 Å². The molecule has 270 valence electrons. The molecule has 1 aliphatic heterocycles. The van der Waals surface area contributed by atoms with E-state index in [1.807, 2.05) is 12.3 Å². The normalized spacial score (nSPS) is 25.4. The fourth-order valence-corrected chi connectivity index (χ4v) is 11.3. The van der Waals surface area contributed by atoms with Crippen molar-refractivity contribution in [3.05, 3.63) is 184 Å². The molecule has 6 aliphatic rings. The van der Waals surface area contributed by atoms with Gasteiger partial charge in [0, 0.05) is 35.6 Å². The fourth-order valence-electron chi connectivity index (χ4n) is 11.3. The quantitative estimate of drug-likeness (QED) is 0.171. The number of hydrogen-bond donors (Lipinski definition) is 0. The van der Waals surface area contributed by atoms with Crippen molar-refractivity contribution in [3.63, 3.8) is 0 Å². The van der Waals surface area contributed by atoms with Crippen molar-refractivity contribution < 1.29 is 0 Å². The second-order valence-corrected chi connectivity index (χ2v) is 16.7. The first kappa shape index (κ1) is 32.3. The van der Waals surface area contributed by atoms with Crippen molar-refractivity contribution in [3.8, 4) is 11.1 Å². The van der Waals surface area contributed by atoms with Crippen LogP contribution >= 0.6 is 0 Å². The second kappa shape index (κ2) is 12.8. The van der Waals surface area contributed by atoms with Gasteiger partial charge in [0.2, 0.25) is 0 Å². The summed E-state index contributed by atoms with van der Waals surface area (Å²) in [6.45, 7) is 0. The number of benzene rings is 4. The van der Waals surface area contributed by atoms with E-state index in [2.05, 4.69) is 140 Å². The first-order valence-corrected chi connectivity index (χ1v) is 20.7. The number of aromatic nitrogens is 2. The molecule has 56 heavy (non-hydrogen) atoms. The average Bonchev–Trinajstić information content (AvgIpc) is 3.28. The summed E-state index contributed by atoms with van der Waals surface area (Å²) in [7, 11) is 0. The van der Waals surface area contributed by atoms with Crippen molar-refractivity contribution in [2.45, 2.75) is 62.3 Å². The van der Waals surface area contributed by atoms with Gasteiger partial charge in [0.25, 0.3) is 0 Å². The Kier molecular flexibility index (Phi) is 7.40. The van der Waals surface area contributed by atoms with E-state index in [1.54, 1.807) is 5.57 Å². The van der Waals surface area contributed by atoms with Crippen LogP contribution in [0.25, 0.3) is 50.5 Å². The number of hydrogen-bond acceptors (Lipinski definition) is 3. The minimum absolute atomic E-state index is 0.116. The van der Waals surface area contributed by atoms with Crippen molar-refractivity contribution in [1.29, 1.82) is 0 Å². The first-order chi connectivity index (χ1) is 27.8. The molecule has 0 fully saturated rings. The molecule has 4 aromatic carbocycles. The molecule has 6 unspecified atom stereocenters. The predicted molar refractivity (Wildman–Crippen MR) is 232 cm³/mol. The van der Waals surface area contributed by atoms with Gasteiger partial charge in [-0.15, -0.1) is 0 Å². The minimum atomic E-state index is 0.116. The standard InChI is InChI=1S/C53H43N3/c1-3-14-43-41(12-1)42-13-2-4-15-44(42)50-49(43)46-16-5-6-17-48(46)56-51(50)38-10-7-9-34(29-38)35-20-18-32-19-21-36-30-37(23-24-39(36)47(32)31-35)40-26-28-55-53-45(40)25-22-33-11-8-27-54-52(33)53/h1-3,5-14,16-22,25,27-28,30-31,38,40,42,44-45,53H,4,15,23-24,26,29H2. The van der Waals surface area contributed by atoms with Crippen LogP contribution in [0.15, 0.2) is 144 Å². The van der Waals surface area contributed by atoms with Crippen LogP contribution in [0, 0.1) is 11.8 Å². The van der Waals surface area contributed by atoms with Gasteiger partial charge in [-0.3, -0.25) is 15.0 Å². The van der Waals surface area contributed by atoms with E-state index in [4.69, 9.17) is 15.0 Å². The van der Waals surface area contributed by atoms with Gasteiger partial charge in [-0.1, -0.05) is 127 Å². The molecule has 0 saturated heterocycles. The summed E-state index contributed by atoms with van der Waals surface area (Å²) in [6, 6.07) is 34.2. The topological polar surface area (TPSA) is 38.1 Å². The number of aliphatic imine (C=N–C) groups is 1. The molecule has 0 spiro atoms. The Morgan fingerprint density at radius 2 is 1.68 bits per heavy atom. The predicted octanol–water partition coefficient (Wildman–Crippen LogP) is 12.9. The Morgan fingerprint density at radius 1 is 0.750 bits per heavy atom. The average molecular weight is 722 g/mol. The van der Waals surface area contributed by atoms with Crippen molar-refractivity contribution in [1.82, 2.24) is 9.97 Å². The number of rotatable bonds is 3. The van der Waals surface area contributed by atoms with Gasteiger partial charge in [-0.05, 0) is 129 Å². The van der Waals surface area contributed by atoms with E-state index in [9.17, 15) is 0 Å². The van der Waals surface area contributed by atoms with E-state index in [1.165, 1.54) is 71.9 Å². The van der Waals surface area contributed by atoms with Crippen molar-refractivity contribution >= 4 is 45.6 Å². The lowest BCUT2D eigenvalue weighted by Crippen LogP contribution is -2.29. The van der Waals surface area contributed by atoms with Crippen LogP contribution < -0.4 is 0 Å². The summed E-state index contributed by atoms with van der Waals surface area (Å²) >= 11 is 0. The molecule has 12 rings (SSSR count). The lowest BCUT2D eigenvalue weighted by molar-refractivity contribution is 0.367. The molecule has 0 bridgehead atoms. The summed E-state index contributed by atoms with van der Waals surface area (Å²) < 4.78 is 0. The smallest absolute Gasteiger partial charge is 0.0989 e. The SMILES string of the molecule is C1=CC(c2nc3ccccc3c3c2C2CCC=CC2c2ccccc2-3)CC(c2ccc3ccc4c(c3c2)CCC(C2CC=NC3c5ncccc5C=CC23)=C4)=C1. The Hall–Kier alpha value is -5.93. The van der Waals surface area contributed by atoms with Crippen LogP contribution in [-0.4, -0.2) is 16.2 Å². The first-order valence-electron chi connectivity index (χ1n) is 20.7. The number of allylic oxidation sites excluding steroid dienone is 7. The fraction of sp³-hybridized carbons (Fsp3) is 0.226. The van der Waals surface area contributed by atoms with Crippen LogP contribution in [0.4, 0.5) is 0 Å². The Balaban J connectivity index is 0.898. The molecular weight excluding hydrogens is 679 g/mol. The van der Waals surface area contributed by atoms with Gasteiger partial charge in [-0.2, -0.15) is 0 Å². The minimum Gasteiger partial charge on any atom is -0.287 e. The Morgan fingerprint density at radius 3 is 2.68 bits per heavy atom. The highest BCUT2D eigenvalue weighted by molar-refractivity contribution is 5.99. The maximum Gasteiger partial charge on any atom is 0.0989 e. The second-order valence-electron chi connectivity index (χ2n) is 16.7. The van der Waals surface area contributed by atoms with Crippen LogP contribution in [0.3, 0.4) is 0 Å². The summed E-state index contributed by atoms with van der Waals surface area (Å²) in [5.74, 6) is 1.88. The Bertz CT molecular complexity index is 2810. The highest BCUT2D eigenvalue weighted by atomic mass is 14.9. The third kappa shape index (κ3) is 4.99.